The fraction of sp³-hybridized carbons (Fsp3) is 0.167. The van der Waals surface area contributed by atoms with E-state index in [4.69, 9.17) is 11.6 Å². The number of hydrogen-bond donors (Lipinski definition) is 2. The van der Waals surface area contributed by atoms with Gasteiger partial charge in [-0.3, -0.25) is 4.79 Å². The zero-order valence-electron chi connectivity index (χ0n) is 14.6. The Labute approximate surface area is 159 Å². The summed E-state index contributed by atoms with van der Waals surface area (Å²) in [5.74, 6) is 0.690. The van der Waals surface area contributed by atoms with E-state index < -0.39 is 0 Å². The van der Waals surface area contributed by atoms with Crippen LogP contribution >= 0.6 is 11.6 Å². The van der Waals surface area contributed by atoms with E-state index in [1.165, 1.54) is 6.20 Å². The van der Waals surface area contributed by atoms with Crippen molar-refractivity contribution in [3.63, 3.8) is 0 Å². The zero-order valence-corrected chi connectivity index (χ0v) is 15.4. The molecule has 0 saturated heterocycles. The van der Waals surface area contributed by atoms with Gasteiger partial charge in [0, 0.05) is 22.8 Å². The van der Waals surface area contributed by atoms with Crippen molar-refractivity contribution in [2.45, 2.75) is 19.9 Å². The molecule has 1 aromatic carbocycles. The molecule has 0 aliphatic heterocycles. The maximum atomic E-state index is 12.4. The summed E-state index contributed by atoms with van der Waals surface area (Å²) in [6.45, 7) is 3.75. The number of H-pyrrole nitrogens is 1. The molecule has 0 spiro atoms. The molecule has 2 N–H and O–H groups in total. The Morgan fingerprint density at radius 2 is 2.11 bits per heavy atom. The SMILES string of the molecule is Cc1nnnn1-c1cccc(NC(C)c2cc3cc(Cl)cnc3[nH]c2=O)c1. The topological polar surface area (TPSA) is 101 Å². The number of anilines is 1. The molecule has 0 fully saturated rings. The summed E-state index contributed by atoms with van der Waals surface area (Å²) < 4.78 is 1.65. The quantitative estimate of drug-likeness (QED) is 0.563. The van der Waals surface area contributed by atoms with Crippen LogP contribution in [0.4, 0.5) is 5.69 Å². The third kappa shape index (κ3) is 3.39. The summed E-state index contributed by atoms with van der Waals surface area (Å²) in [7, 11) is 0. The van der Waals surface area contributed by atoms with E-state index in [2.05, 4.69) is 30.8 Å². The van der Waals surface area contributed by atoms with Crippen LogP contribution in [0.5, 0.6) is 0 Å². The lowest BCUT2D eigenvalue weighted by Gasteiger charge is -2.16. The second-order valence-electron chi connectivity index (χ2n) is 6.20. The van der Waals surface area contributed by atoms with Gasteiger partial charge in [0.1, 0.15) is 5.65 Å². The lowest BCUT2D eigenvalue weighted by Crippen LogP contribution is -2.19. The first-order chi connectivity index (χ1) is 13.0. The third-order valence-electron chi connectivity index (χ3n) is 4.25. The molecule has 0 radical (unpaired) electrons. The second kappa shape index (κ2) is 6.81. The van der Waals surface area contributed by atoms with Gasteiger partial charge < -0.3 is 10.3 Å². The first-order valence-electron chi connectivity index (χ1n) is 8.32. The van der Waals surface area contributed by atoms with Gasteiger partial charge in [0.15, 0.2) is 5.82 Å². The van der Waals surface area contributed by atoms with Crippen LogP contribution in [0.2, 0.25) is 5.02 Å². The molecule has 3 heterocycles. The maximum absolute atomic E-state index is 12.4. The smallest absolute Gasteiger partial charge is 0.254 e. The summed E-state index contributed by atoms with van der Waals surface area (Å²) in [4.78, 5) is 19.4. The number of nitrogens with one attached hydrogen (secondary N) is 2. The number of benzene rings is 1. The number of hydrogen-bond acceptors (Lipinski definition) is 6. The Morgan fingerprint density at radius 1 is 1.26 bits per heavy atom. The molecule has 4 rings (SSSR count). The van der Waals surface area contributed by atoms with E-state index >= 15 is 0 Å². The van der Waals surface area contributed by atoms with Crippen LogP contribution in [-0.2, 0) is 0 Å². The number of nitrogens with zero attached hydrogens (tertiary/aromatic N) is 5. The summed E-state index contributed by atoms with van der Waals surface area (Å²) in [6.07, 6.45) is 1.51. The summed E-state index contributed by atoms with van der Waals surface area (Å²) in [5, 5.41) is 16.2. The van der Waals surface area contributed by atoms with Crippen molar-refractivity contribution in [1.82, 2.24) is 30.2 Å². The minimum Gasteiger partial charge on any atom is -0.378 e. The molecular formula is C18H16ClN7O. The Balaban J connectivity index is 1.65. The Hall–Kier alpha value is -3.26. The van der Waals surface area contributed by atoms with Crippen molar-refractivity contribution in [3.8, 4) is 5.69 Å². The molecule has 0 amide bonds. The number of aryl methyl sites for hydroxylation is 1. The van der Waals surface area contributed by atoms with E-state index in [1.54, 1.807) is 16.8 Å². The van der Waals surface area contributed by atoms with Gasteiger partial charge in [-0.05, 0) is 54.6 Å². The number of pyridine rings is 2. The molecule has 8 nitrogen and oxygen atoms in total. The minimum atomic E-state index is -0.234. The first-order valence-corrected chi connectivity index (χ1v) is 8.69. The Kier molecular flexibility index (Phi) is 4.33. The van der Waals surface area contributed by atoms with Crippen molar-refractivity contribution in [3.05, 3.63) is 69.4 Å². The fourth-order valence-corrected chi connectivity index (χ4v) is 3.10. The average molecular weight is 382 g/mol. The third-order valence-corrected chi connectivity index (χ3v) is 4.46. The number of aromatic amines is 1. The highest BCUT2D eigenvalue weighted by Gasteiger charge is 2.13. The molecule has 0 bridgehead atoms. The lowest BCUT2D eigenvalue weighted by atomic mass is 10.1. The van der Waals surface area contributed by atoms with Crippen molar-refractivity contribution < 1.29 is 0 Å². The van der Waals surface area contributed by atoms with Gasteiger partial charge in [0.05, 0.1) is 16.8 Å². The van der Waals surface area contributed by atoms with Gasteiger partial charge in [0.2, 0.25) is 0 Å². The molecule has 1 unspecified atom stereocenters. The number of rotatable bonds is 4. The molecule has 4 aromatic rings. The van der Waals surface area contributed by atoms with Crippen LogP contribution in [0.15, 0.2) is 47.4 Å². The highest BCUT2D eigenvalue weighted by molar-refractivity contribution is 6.31. The van der Waals surface area contributed by atoms with Crippen LogP contribution in [0, 0.1) is 6.92 Å². The molecule has 0 aliphatic rings. The highest BCUT2D eigenvalue weighted by atomic mass is 35.5. The predicted molar refractivity (Wildman–Crippen MR) is 103 cm³/mol. The van der Waals surface area contributed by atoms with Gasteiger partial charge in [-0.1, -0.05) is 17.7 Å². The lowest BCUT2D eigenvalue weighted by molar-refractivity contribution is 0.779. The summed E-state index contributed by atoms with van der Waals surface area (Å²) in [5.41, 5.74) is 2.59. The molecule has 0 aliphatic carbocycles. The van der Waals surface area contributed by atoms with Crippen molar-refractivity contribution in [2.24, 2.45) is 0 Å². The molecule has 9 heteroatoms. The summed E-state index contributed by atoms with van der Waals surface area (Å²) in [6, 6.07) is 11.0. The molecule has 27 heavy (non-hydrogen) atoms. The molecule has 136 valence electrons. The Bertz CT molecular complexity index is 1180. The van der Waals surface area contributed by atoms with Crippen LogP contribution < -0.4 is 10.9 Å². The van der Waals surface area contributed by atoms with E-state index in [-0.39, 0.29) is 11.6 Å². The first kappa shape index (κ1) is 17.2. The van der Waals surface area contributed by atoms with Gasteiger partial charge in [-0.15, -0.1) is 5.10 Å². The van der Waals surface area contributed by atoms with Gasteiger partial charge in [-0.2, -0.15) is 4.68 Å². The number of halogens is 1. The van der Waals surface area contributed by atoms with Gasteiger partial charge >= 0.3 is 0 Å². The van der Waals surface area contributed by atoms with Crippen LogP contribution in [0.25, 0.3) is 16.7 Å². The number of tetrazole rings is 1. The molecule has 0 saturated carbocycles. The normalized spacial score (nSPS) is 12.3. The van der Waals surface area contributed by atoms with Crippen molar-refractivity contribution in [1.29, 1.82) is 0 Å². The monoisotopic (exact) mass is 381 g/mol. The standard InChI is InChI=1S/C18H16ClN7O/c1-10(16-7-12-6-13(19)9-20-17(12)22-18(16)27)21-14-4-3-5-15(8-14)26-11(2)23-24-25-26/h3-10,21H,1-2H3,(H,20,22,27). The number of aromatic nitrogens is 6. The van der Waals surface area contributed by atoms with E-state index in [9.17, 15) is 4.79 Å². The van der Waals surface area contributed by atoms with E-state index in [1.807, 2.05) is 38.1 Å². The van der Waals surface area contributed by atoms with Crippen LogP contribution in [-0.4, -0.2) is 30.2 Å². The molecular weight excluding hydrogens is 366 g/mol. The van der Waals surface area contributed by atoms with Crippen LogP contribution in [0.3, 0.4) is 0 Å². The number of fused-ring (bicyclic) bond motifs is 1. The van der Waals surface area contributed by atoms with E-state index in [0.29, 0.717) is 22.1 Å². The van der Waals surface area contributed by atoms with Gasteiger partial charge in [-0.25, -0.2) is 4.98 Å². The molecule has 1 atom stereocenters. The molecule has 3 aromatic heterocycles. The van der Waals surface area contributed by atoms with Crippen LogP contribution in [0.1, 0.15) is 24.4 Å². The predicted octanol–water partition coefficient (Wildman–Crippen LogP) is 3.03. The Morgan fingerprint density at radius 3 is 2.89 bits per heavy atom. The van der Waals surface area contributed by atoms with Crippen molar-refractivity contribution in [2.75, 3.05) is 5.32 Å². The maximum Gasteiger partial charge on any atom is 0.254 e. The zero-order chi connectivity index (χ0) is 19.0. The van der Waals surface area contributed by atoms with Gasteiger partial charge in [0.25, 0.3) is 5.56 Å². The fourth-order valence-electron chi connectivity index (χ4n) is 2.93. The highest BCUT2D eigenvalue weighted by Crippen LogP contribution is 2.22. The minimum absolute atomic E-state index is 0.190. The van der Waals surface area contributed by atoms with Crippen molar-refractivity contribution >= 4 is 28.3 Å². The van der Waals surface area contributed by atoms with E-state index in [0.717, 1.165) is 16.8 Å². The summed E-state index contributed by atoms with van der Waals surface area (Å²) >= 11 is 6.01. The largest absolute Gasteiger partial charge is 0.378 e. The second-order valence-corrected chi connectivity index (χ2v) is 6.64. The average Bonchev–Trinajstić information content (AvgIpc) is 3.07.